The molecule has 1 unspecified atom stereocenters. The predicted octanol–water partition coefficient (Wildman–Crippen LogP) is 5.78. The predicted molar refractivity (Wildman–Crippen MR) is 134 cm³/mol. The van der Waals surface area contributed by atoms with Crippen LogP contribution in [0.5, 0.6) is 0 Å². The molecule has 0 radical (unpaired) electrons. The van der Waals surface area contributed by atoms with Gasteiger partial charge in [-0.15, -0.1) is 11.3 Å². The molecule has 166 valence electrons. The normalized spacial score (nSPS) is 15.1. The third-order valence-corrected chi connectivity index (χ3v) is 7.15. The maximum absolute atomic E-state index is 13.6. The molecule has 0 bridgehead atoms. The average molecular weight is 456 g/mol. The zero-order valence-electron chi connectivity index (χ0n) is 18.4. The number of thiazole rings is 1. The number of carbonyl (C=O) groups excluding carboxylic acids is 2. The molecule has 2 amide bonds. The van der Waals surface area contributed by atoms with Gasteiger partial charge >= 0.3 is 0 Å². The Labute approximate surface area is 196 Å². The number of fused-ring (bicyclic) bond motifs is 1. The van der Waals surface area contributed by atoms with E-state index in [1.165, 1.54) is 0 Å². The van der Waals surface area contributed by atoms with Gasteiger partial charge in [-0.3, -0.25) is 9.59 Å². The fraction of sp³-hybridized carbons (Fsp3) is 0.222. The van der Waals surface area contributed by atoms with Crippen LogP contribution in [0.2, 0.25) is 0 Å². The van der Waals surface area contributed by atoms with Gasteiger partial charge in [0.1, 0.15) is 0 Å². The molecular formula is C27H25N3O2S. The summed E-state index contributed by atoms with van der Waals surface area (Å²) in [5.41, 5.74) is 2.53. The number of nitrogens with zero attached hydrogens (tertiary/aromatic N) is 1. The van der Waals surface area contributed by atoms with Crippen LogP contribution in [-0.2, 0) is 21.4 Å². The summed E-state index contributed by atoms with van der Waals surface area (Å²) in [5.74, 6) is 0.125. The average Bonchev–Trinajstić information content (AvgIpc) is 3.61. The van der Waals surface area contributed by atoms with Crippen LogP contribution in [0.15, 0.2) is 78.9 Å². The van der Waals surface area contributed by atoms with Gasteiger partial charge in [-0.05, 0) is 61.7 Å². The van der Waals surface area contributed by atoms with Crippen molar-refractivity contribution < 1.29 is 9.59 Å². The highest BCUT2D eigenvalue weighted by Gasteiger charge is 2.36. The first-order valence-corrected chi connectivity index (χ1v) is 12.0. The van der Waals surface area contributed by atoms with Crippen molar-refractivity contribution in [2.24, 2.45) is 5.92 Å². The molecule has 1 heterocycles. The summed E-state index contributed by atoms with van der Waals surface area (Å²) >= 11 is 1.63. The second-order valence-corrected chi connectivity index (χ2v) is 9.86. The first-order chi connectivity index (χ1) is 16.0. The Morgan fingerprint density at radius 3 is 2.21 bits per heavy atom. The molecule has 1 saturated carbocycles. The molecule has 33 heavy (non-hydrogen) atoms. The van der Waals surface area contributed by atoms with Gasteiger partial charge < -0.3 is 10.6 Å². The summed E-state index contributed by atoms with van der Waals surface area (Å²) in [6, 6.07) is 25.2. The van der Waals surface area contributed by atoms with Crippen molar-refractivity contribution in [1.29, 1.82) is 0 Å². The third-order valence-electron chi connectivity index (χ3n) is 6.11. The van der Waals surface area contributed by atoms with Crippen LogP contribution in [0.1, 0.15) is 30.3 Å². The smallest absolute Gasteiger partial charge is 0.235 e. The minimum absolute atomic E-state index is 0.0688. The molecule has 1 atom stereocenters. The molecule has 1 aliphatic rings. The van der Waals surface area contributed by atoms with Crippen molar-refractivity contribution in [3.8, 4) is 0 Å². The lowest BCUT2D eigenvalue weighted by molar-refractivity contribution is -0.121. The van der Waals surface area contributed by atoms with E-state index in [1.54, 1.807) is 11.3 Å². The van der Waals surface area contributed by atoms with Crippen LogP contribution < -0.4 is 10.6 Å². The Balaban J connectivity index is 1.37. The van der Waals surface area contributed by atoms with E-state index in [-0.39, 0.29) is 17.7 Å². The molecule has 1 aromatic heterocycles. The minimum Gasteiger partial charge on any atom is -0.326 e. The molecule has 1 fully saturated rings. The highest BCUT2D eigenvalue weighted by atomic mass is 32.1. The number of amides is 2. The van der Waals surface area contributed by atoms with Gasteiger partial charge in [-0.1, -0.05) is 42.5 Å². The Hall–Kier alpha value is -3.51. The molecule has 0 saturated heterocycles. The number of aromatic nitrogens is 1. The number of hydrogen-bond acceptors (Lipinski definition) is 4. The highest BCUT2D eigenvalue weighted by molar-refractivity contribution is 7.18. The number of carbonyl (C=O) groups is 2. The van der Waals surface area contributed by atoms with Crippen molar-refractivity contribution in [3.63, 3.8) is 0 Å². The lowest BCUT2D eigenvalue weighted by atomic mass is 9.78. The lowest BCUT2D eigenvalue weighted by Gasteiger charge is -2.28. The van der Waals surface area contributed by atoms with Gasteiger partial charge in [-0.25, -0.2) is 4.98 Å². The summed E-state index contributed by atoms with van der Waals surface area (Å²) in [5, 5.41) is 6.93. The monoisotopic (exact) mass is 455 g/mol. The Morgan fingerprint density at radius 1 is 0.909 bits per heavy atom. The molecule has 5 rings (SSSR count). The van der Waals surface area contributed by atoms with Crippen molar-refractivity contribution >= 4 is 44.7 Å². The zero-order valence-corrected chi connectivity index (χ0v) is 19.2. The Kier molecular flexibility index (Phi) is 5.68. The number of rotatable bonds is 7. The molecule has 1 aliphatic carbocycles. The standard InChI is InChI=1S/C27H25N3O2S/c1-27(19-7-3-2-4-8-19,17-24-30-22-9-5-6-10-23(22)33-24)26(32)29-21-15-13-20(14-16-21)28-25(31)18-11-12-18/h2-10,13-16,18H,11-12,17H2,1H3,(H,28,31)(H,29,32). The summed E-state index contributed by atoms with van der Waals surface area (Å²) < 4.78 is 1.12. The number of anilines is 2. The first-order valence-electron chi connectivity index (χ1n) is 11.1. The fourth-order valence-corrected chi connectivity index (χ4v) is 5.04. The maximum atomic E-state index is 13.6. The maximum Gasteiger partial charge on any atom is 0.235 e. The van der Waals surface area contributed by atoms with Crippen molar-refractivity contribution in [1.82, 2.24) is 4.98 Å². The van der Waals surface area contributed by atoms with Crippen LogP contribution in [0, 0.1) is 5.92 Å². The topological polar surface area (TPSA) is 71.1 Å². The molecule has 6 heteroatoms. The Morgan fingerprint density at radius 2 is 1.55 bits per heavy atom. The van der Waals surface area contributed by atoms with E-state index in [1.807, 2.05) is 79.7 Å². The van der Waals surface area contributed by atoms with E-state index < -0.39 is 5.41 Å². The second-order valence-electron chi connectivity index (χ2n) is 8.75. The van der Waals surface area contributed by atoms with E-state index in [0.29, 0.717) is 12.1 Å². The number of para-hydroxylation sites is 1. The van der Waals surface area contributed by atoms with Crippen molar-refractivity contribution in [2.45, 2.75) is 31.6 Å². The summed E-state index contributed by atoms with van der Waals surface area (Å²) in [7, 11) is 0. The first kappa shape index (κ1) is 21.3. The third kappa shape index (κ3) is 4.66. The van der Waals surface area contributed by atoms with Gasteiger partial charge in [0, 0.05) is 23.7 Å². The highest BCUT2D eigenvalue weighted by Crippen LogP contribution is 2.34. The quantitative estimate of drug-likeness (QED) is 0.371. The van der Waals surface area contributed by atoms with Crippen LogP contribution in [0.25, 0.3) is 10.2 Å². The van der Waals surface area contributed by atoms with Crippen LogP contribution in [0.4, 0.5) is 11.4 Å². The summed E-state index contributed by atoms with van der Waals surface area (Å²) in [4.78, 5) is 30.4. The fourth-order valence-electron chi connectivity index (χ4n) is 3.91. The SMILES string of the molecule is CC(Cc1nc2ccccc2s1)(C(=O)Nc1ccc(NC(=O)C2CC2)cc1)c1ccccc1. The molecule has 0 spiro atoms. The van der Waals surface area contributed by atoms with Gasteiger partial charge in [0.2, 0.25) is 11.8 Å². The van der Waals surface area contributed by atoms with E-state index >= 15 is 0 Å². The zero-order chi connectivity index (χ0) is 22.8. The molecule has 2 N–H and O–H groups in total. The Bertz CT molecular complexity index is 1260. The number of nitrogens with one attached hydrogen (secondary N) is 2. The number of benzene rings is 3. The summed E-state index contributed by atoms with van der Waals surface area (Å²) in [6.07, 6.45) is 2.43. The summed E-state index contributed by atoms with van der Waals surface area (Å²) in [6.45, 7) is 1.97. The van der Waals surface area contributed by atoms with Gasteiger partial charge in [0.15, 0.2) is 0 Å². The second kappa shape index (κ2) is 8.79. The number of hydrogen-bond donors (Lipinski definition) is 2. The van der Waals surface area contributed by atoms with Gasteiger partial charge in [0.05, 0.1) is 20.6 Å². The molecule has 5 nitrogen and oxygen atoms in total. The van der Waals surface area contributed by atoms with Gasteiger partial charge in [-0.2, -0.15) is 0 Å². The van der Waals surface area contributed by atoms with E-state index in [4.69, 9.17) is 4.98 Å². The molecule has 0 aliphatic heterocycles. The van der Waals surface area contributed by atoms with Crippen LogP contribution in [0.3, 0.4) is 0 Å². The lowest BCUT2D eigenvalue weighted by Crippen LogP contribution is -2.39. The van der Waals surface area contributed by atoms with E-state index in [9.17, 15) is 9.59 Å². The van der Waals surface area contributed by atoms with Crippen molar-refractivity contribution in [2.75, 3.05) is 10.6 Å². The van der Waals surface area contributed by atoms with Gasteiger partial charge in [0.25, 0.3) is 0 Å². The minimum atomic E-state index is -0.798. The molecule has 4 aromatic rings. The largest absolute Gasteiger partial charge is 0.326 e. The molecule has 3 aromatic carbocycles. The van der Waals surface area contributed by atoms with Crippen LogP contribution in [-0.4, -0.2) is 16.8 Å². The molecular weight excluding hydrogens is 430 g/mol. The van der Waals surface area contributed by atoms with Crippen molar-refractivity contribution in [3.05, 3.63) is 89.4 Å². The van der Waals surface area contributed by atoms with E-state index in [0.717, 1.165) is 39.3 Å². The van der Waals surface area contributed by atoms with E-state index in [2.05, 4.69) is 16.7 Å². The van der Waals surface area contributed by atoms with Crippen LogP contribution >= 0.6 is 11.3 Å².